The SMILES string of the molecule is CCNC1(C)CCN(c2cc(F)c(C(=O)Nc3cn4cc(C)nc(C)c4n3)c3nn(C)cc23)CC1. The van der Waals surface area contributed by atoms with E-state index in [9.17, 15) is 4.79 Å². The molecule has 9 nitrogen and oxygen atoms in total. The van der Waals surface area contributed by atoms with Gasteiger partial charge in [-0.15, -0.1) is 0 Å². The smallest absolute Gasteiger partial charge is 0.262 e. The van der Waals surface area contributed by atoms with Crippen molar-refractivity contribution in [2.24, 2.45) is 7.05 Å². The van der Waals surface area contributed by atoms with E-state index in [0.717, 1.165) is 54.9 Å². The van der Waals surface area contributed by atoms with Crippen LogP contribution in [-0.2, 0) is 7.05 Å². The van der Waals surface area contributed by atoms with Gasteiger partial charge in [-0.05, 0) is 46.2 Å². The number of rotatable bonds is 5. The maximum absolute atomic E-state index is 15.5. The fourth-order valence-electron chi connectivity index (χ4n) is 5.11. The minimum absolute atomic E-state index is 0.0815. The monoisotopic (exact) mass is 478 g/mol. The van der Waals surface area contributed by atoms with Crippen molar-refractivity contribution in [3.63, 3.8) is 0 Å². The molecule has 1 aliphatic rings. The van der Waals surface area contributed by atoms with Gasteiger partial charge in [-0.2, -0.15) is 5.10 Å². The molecule has 0 spiro atoms. The molecule has 1 saturated heterocycles. The number of fused-ring (bicyclic) bond motifs is 2. The highest BCUT2D eigenvalue weighted by atomic mass is 19.1. The molecule has 1 fully saturated rings. The summed E-state index contributed by atoms with van der Waals surface area (Å²) in [6.07, 6.45) is 7.28. The van der Waals surface area contributed by atoms with Crippen molar-refractivity contribution in [1.29, 1.82) is 0 Å². The Hall–Kier alpha value is -3.53. The van der Waals surface area contributed by atoms with Gasteiger partial charge in [0, 0.05) is 43.5 Å². The number of amides is 1. The van der Waals surface area contributed by atoms with Crippen LogP contribution in [0.5, 0.6) is 0 Å². The van der Waals surface area contributed by atoms with Crippen LogP contribution in [-0.4, -0.2) is 55.2 Å². The first-order chi connectivity index (χ1) is 16.7. The van der Waals surface area contributed by atoms with Crippen LogP contribution in [0.15, 0.2) is 24.7 Å². The van der Waals surface area contributed by atoms with Crippen LogP contribution in [0.1, 0.15) is 48.4 Å². The molecule has 0 aliphatic carbocycles. The Labute approximate surface area is 203 Å². The maximum Gasteiger partial charge on any atom is 0.262 e. The number of aryl methyl sites for hydroxylation is 3. The van der Waals surface area contributed by atoms with Gasteiger partial charge in [0.25, 0.3) is 5.91 Å². The van der Waals surface area contributed by atoms with E-state index >= 15 is 4.39 Å². The first kappa shape index (κ1) is 23.2. The molecule has 1 aromatic carbocycles. The summed E-state index contributed by atoms with van der Waals surface area (Å²) >= 11 is 0. The quantitative estimate of drug-likeness (QED) is 0.456. The lowest BCUT2D eigenvalue weighted by atomic mass is 9.89. The number of aromatic nitrogens is 5. The predicted octanol–water partition coefficient (Wildman–Crippen LogP) is 3.59. The molecule has 184 valence electrons. The van der Waals surface area contributed by atoms with Gasteiger partial charge in [0.2, 0.25) is 0 Å². The van der Waals surface area contributed by atoms with E-state index in [2.05, 4.69) is 44.4 Å². The van der Waals surface area contributed by atoms with E-state index < -0.39 is 11.7 Å². The Morgan fingerprint density at radius 3 is 2.63 bits per heavy atom. The van der Waals surface area contributed by atoms with E-state index in [4.69, 9.17) is 0 Å². The molecular formula is C25H31FN8O. The highest BCUT2D eigenvalue weighted by molar-refractivity contribution is 6.14. The predicted molar refractivity (Wildman–Crippen MR) is 135 cm³/mol. The number of hydrogen-bond acceptors (Lipinski definition) is 6. The average Bonchev–Trinajstić information content (AvgIpc) is 3.36. The summed E-state index contributed by atoms with van der Waals surface area (Å²) in [6, 6.07) is 1.47. The van der Waals surface area contributed by atoms with Gasteiger partial charge < -0.3 is 19.9 Å². The van der Waals surface area contributed by atoms with Gasteiger partial charge in [-0.3, -0.25) is 14.5 Å². The molecule has 35 heavy (non-hydrogen) atoms. The van der Waals surface area contributed by atoms with Gasteiger partial charge in [0.15, 0.2) is 11.5 Å². The highest BCUT2D eigenvalue weighted by Gasteiger charge is 2.31. The van der Waals surface area contributed by atoms with Crippen LogP contribution in [0, 0.1) is 19.7 Å². The second kappa shape index (κ2) is 8.60. The summed E-state index contributed by atoms with van der Waals surface area (Å²) in [5, 5.41) is 11.5. The maximum atomic E-state index is 15.5. The number of nitrogens with one attached hydrogen (secondary N) is 2. The first-order valence-corrected chi connectivity index (χ1v) is 12.0. The van der Waals surface area contributed by atoms with Crippen molar-refractivity contribution < 1.29 is 9.18 Å². The Bertz CT molecular complexity index is 1430. The van der Waals surface area contributed by atoms with Crippen LogP contribution in [0.3, 0.4) is 0 Å². The lowest BCUT2D eigenvalue weighted by Crippen LogP contribution is -2.51. The third kappa shape index (κ3) is 4.22. The van der Waals surface area contributed by atoms with Gasteiger partial charge in [-0.1, -0.05) is 6.92 Å². The minimum atomic E-state index is -0.596. The molecule has 0 bridgehead atoms. The second-order valence-electron chi connectivity index (χ2n) is 9.67. The zero-order valence-electron chi connectivity index (χ0n) is 20.8. The van der Waals surface area contributed by atoms with Crippen molar-refractivity contribution in [3.8, 4) is 0 Å². The lowest BCUT2D eigenvalue weighted by Gasteiger charge is -2.41. The summed E-state index contributed by atoms with van der Waals surface area (Å²) < 4.78 is 18.9. The van der Waals surface area contributed by atoms with Crippen LogP contribution in [0.4, 0.5) is 15.9 Å². The van der Waals surface area contributed by atoms with Crippen molar-refractivity contribution in [1.82, 2.24) is 29.5 Å². The van der Waals surface area contributed by atoms with Crippen molar-refractivity contribution in [2.45, 2.75) is 46.1 Å². The molecule has 2 N–H and O–H groups in total. The Morgan fingerprint density at radius 1 is 1.17 bits per heavy atom. The number of anilines is 2. The van der Waals surface area contributed by atoms with Gasteiger partial charge in [0.05, 0.1) is 23.3 Å². The molecule has 10 heteroatoms. The standard InChI is InChI=1S/C25H31FN8O/c1-6-27-25(4)7-9-33(10-8-25)19-11-18(26)21(22-17(19)13-32(5)31-22)24(35)30-20-14-34-12-15(2)28-16(3)23(34)29-20/h11-14,27H,6-10H2,1-5H3,(H,30,35). The number of hydrogen-bond donors (Lipinski definition) is 2. The molecule has 4 heterocycles. The largest absolute Gasteiger partial charge is 0.371 e. The van der Waals surface area contributed by atoms with Gasteiger partial charge in [-0.25, -0.2) is 9.37 Å². The Balaban J connectivity index is 1.47. The molecule has 5 rings (SSSR count). The number of halogens is 1. The van der Waals surface area contributed by atoms with Crippen molar-refractivity contribution in [2.75, 3.05) is 29.9 Å². The van der Waals surface area contributed by atoms with E-state index in [1.54, 1.807) is 22.3 Å². The molecular weight excluding hydrogens is 447 g/mol. The van der Waals surface area contributed by atoms with Gasteiger partial charge >= 0.3 is 0 Å². The Morgan fingerprint density at radius 2 is 1.91 bits per heavy atom. The third-order valence-electron chi connectivity index (χ3n) is 6.85. The number of nitrogens with zero attached hydrogens (tertiary/aromatic N) is 6. The number of benzene rings is 1. The fraction of sp³-hybridized carbons (Fsp3) is 0.440. The Kier molecular flexibility index (Phi) is 5.71. The molecule has 1 aliphatic heterocycles. The lowest BCUT2D eigenvalue weighted by molar-refractivity contribution is 0.102. The second-order valence-corrected chi connectivity index (χ2v) is 9.67. The summed E-state index contributed by atoms with van der Waals surface area (Å²) in [5.74, 6) is -0.847. The third-order valence-corrected chi connectivity index (χ3v) is 6.85. The molecule has 0 radical (unpaired) electrons. The van der Waals surface area contributed by atoms with E-state index in [1.165, 1.54) is 6.07 Å². The van der Waals surface area contributed by atoms with Gasteiger partial charge in [0.1, 0.15) is 16.9 Å². The summed E-state index contributed by atoms with van der Waals surface area (Å²) in [7, 11) is 1.78. The minimum Gasteiger partial charge on any atom is -0.371 e. The van der Waals surface area contributed by atoms with Crippen LogP contribution in [0.25, 0.3) is 16.6 Å². The van der Waals surface area contributed by atoms with Crippen molar-refractivity contribution >= 4 is 34.0 Å². The summed E-state index contributed by atoms with van der Waals surface area (Å²) in [6.45, 7) is 10.6. The van der Waals surface area contributed by atoms with Crippen LogP contribution >= 0.6 is 0 Å². The fourth-order valence-corrected chi connectivity index (χ4v) is 5.11. The summed E-state index contributed by atoms with van der Waals surface area (Å²) in [5.41, 5.74) is 3.34. The molecule has 0 atom stereocenters. The number of carbonyl (C=O) groups excluding carboxylic acids is 1. The van der Waals surface area contributed by atoms with E-state index in [-0.39, 0.29) is 11.1 Å². The zero-order valence-corrected chi connectivity index (χ0v) is 20.8. The molecule has 0 unspecified atom stereocenters. The van der Waals surface area contributed by atoms with Crippen LogP contribution in [0.2, 0.25) is 0 Å². The first-order valence-electron chi connectivity index (χ1n) is 12.0. The molecule has 1 amide bonds. The van der Waals surface area contributed by atoms with Crippen molar-refractivity contribution in [3.05, 3.63) is 47.4 Å². The molecule has 3 aromatic heterocycles. The zero-order chi connectivity index (χ0) is 24.9. The average molecular weight is 479 g/mol. The number of carbonyl (C=O) groups is 1. The van der Waals surface area contributed by atoms with E-state index in [0.29, 0.717) is 17.0 Å². The van der Waals surface area contributed by atoms with E-state index in [1.807, 2.05) is 26.2 Å². The highest BCUT2D eigenvalue weighted by Crippen LogP contribution is 2.34. The number of piperidine rings is 1. The topological polar surface area (TPSA) is 92.4 Å². The normalized spacial score (nSPS) is 15.8. The number of imidazole rings is 1. The molecule has 4 aromatic rings. The molecule has 0 saturated carbocycles. The summed E-state index contributed by atoms with van der Waals surface area (Å²) in [4.78, 5) is 24.3. The van der Waals surface area contributed by atoms with Crippen LogP contribution < -0.4 is 15.5 Å².